The van der Waals surface area contributed by atoms with Crippen molar-refractivity contribution in [2.45, 2.75) is 19.5 Å². The van der Waals surface area contributed by atoms with Gasteiger partial charge in [0.1, 0.15) is 5.75 Å². The highest BCUT2D eigenvalue weighted by molar-refractivity contribution is 9.10. The Hall–Kier alpha value is -1.53. The lowest BCUT2D eigenvalue weighted by molar-refractivity contribution is 0.412. The average molecular weight is 337 g/mol. The molecule has 2 heterocycles. The molecule has 106 valence electrons. The number of anilines is 1. The summed E-state index contributed by atoms with van der Waals surface area (Å²) in [4.78, 5) is 4.70. The van der Waals surface area contributed by atoms with Crippen LogP contribution in [0.25, 0.3) is 11.3 Å². The van der Waals surface area contributed by atoms with E-state index >= 15 is 0 Å². The number of rotatable bonds is 3. The van der Waals surface area contributed by atoms with E-state index in [0.29, 0.717) is 6.54 Å². The summed E-state index contributed by atoms with van der Waals surface area (Å²) in [7, 11) is 1.66. The van der Waals surface area contributed by atoms with Crippen LogP contribution in [-0.4, -0.2) is 23.2 Å². The zero-order valence-corrected chi connectivity index (χ0v) is 12.9. The van der Waals surface area contributed by atoms with Gasteiger partial charge in [0.15, 0.2) is 0 Å². The summed E-state index contributed by atoms with van der Waals surface area (Å²) in [5.41, 5.74) is 8.99. The molecule has 0 saturated carbocycles. The molecule has 1 aliphatic rings. The number of halogens is 1. The summed E-state index contributed by atoms with van der Waals surface area (Å²) in [5.74, 6) is 1.73. The number of aromatic nitrogens is 2. The van der Waals surface area contributed by atoms with Crippen LogP contribution in [0.1, 0.15) is 12.1 Å². The largest absolute Gasteiger partial charge is 0.496 e. The third-order valence-electron chi connectivity index (χ3n) is 3.53. The fourth-order valence-electron chi connectivity index (χ4n) is 2.55. The third-order valence-corrected chi connectivity index (χ3v) is 4.15. The molecule has 0 atom stereocenters. The normalized spacial score (nSPS) is 13.8. The van der Waals surface area contributed by atoms with Crippen LogP contribution in [0.2, 0.25) is 0 Å². The number of hydrogen-bond donors (Lipinski definition) is 2. The van der Waals surface area contributed by atoms with Gasteiger partial charge in [0.2, 0.25) is 5.95 Å². The van der Waals surface area contributed by atoms with Gasteiger partial charge in [-0.3, -0.25) is 0 Å². The predicted octanol–water partition coefficient (Wildman–Crippen LogP) is 2.60. The quantitative estimate of drug-likeness (QED) is 0.904. The number of benzene rings is 1. The van der Waals surface area contributed by atoms with Crippen LogP contribution in [0.5, 0.6) is 5.75 Å². The molecular formula is C14H17BrN4O. The van der Waals surface area contributed by atoms with Crippen molar-refractivity contribution in [3.63, 3.8) is 0 Å². The van der Waals surface area contributed by atoms with E-state index in [0.717, 1.165) is 52.6 Å². The lowest BCUT2D eigenvalue weighted by Gasteiger charge is -2.17. The van der Waals surface area contributed by atoms with Crippen molar-refractivity contribution in [3.8, 4) is 17.0 Å². The van der Waals surface area contributed by atoms with Gasteiger partial charge in [0, 0.05) is 25.2 Å². The number of ether oxygens (including phenoxy) is 1. The Morgan fingerprint density at radius 2 is 2.35 bits per heavy atom. The topological polar surface area (TPSA) is 65.1 Å². The first kappa shape index (κ1) is 13.5. The van der Waals surface area contributed by atoms with Gasteiger partial charge < -0.3 is 20.4 Å². The van der Waals surface area contributed by atoms with E-state index in [-0.39, 0.29) is 0 Å². The highest BCUT2D eigenvalue weighted by atomic mass is 79.9. The van der Waals surface area contributed by atoms with E-state index in [1.807, 2.05) is 18.2 Å². The molecule has 5 nitrogen and oxygen atoms in total. The predicted molar refractivity (Wildman–Crippen MR) is 82.9 cm³/mol. The SMILES string of the molecule is COc1ccc(-c2nc3n(c2CN)CCCN3)cc1Br. The minimum atomic E-state index is 0.480. The minimum Gasteiger partial charge on any atom is -0.496 e. The van der Waals surface area contributed by atoms with E-state index in [1.54, 1.807) is 7.11 Å². The molecule has 0 spiro atoms. The van der Waals surface area contributed by atoms with Gasteiger partial charge in [-0.15, -0.1) is 0 Å². The van der Waals surface area contributed by atoms with E-state index in [4.69, 9.17) is 15.5 Å². The van der Waals surface area contributed by atoms with E-state index in [9.17, 15) is 0 Å². The molecule has 0 aliphatic carbocycles. The fourth-order valence-corrected chi connectivity index (χ4v) is 3.09. The van der Waals surface area contributed by atoms with Crippen molar-refractivity contribution in [1.82, 2.24) is 9.55 Å². The minimum absolute atomic E-state index is 0.480. The van der Waals surface area contributed by atoms with E-state index in [1.165, 1.54) is 0 Å². The summed E-state index contributed by atoms with van der Waals surface area (Å²) in [6, 6.07) is 5.97. The van der Waals surface area contributed by atoms with Gasteiger partial charge in [-0.05, 0) is 40.5 Å². The molecule has 1 aromatic heterocycles. The maximum Gasteiger partial charge on any atom is 0.203 e. The molecule has 0 unspecified atom stereocenters. The van der Waals surface area contributed by atoms with Gasteiger partial charge in [-0.2, -0.15) is 0 Å². The molecule has 1 aromatic carbocycles. The molecule has 20 heavy (non-hydrogen) atoms. The van der Waals surface area contributed by atoms with Crippen LogP contribution in [0.4, 0.5) is 5.95 Å². The maximum atomic E-state index is 5.93. The second kappa shape index (κ2) is 5.46. The lowest BCUT2D eigenvalue weighted by atomic mass is 10.1. The molecule has 3 rings (SSSR count). The van der Waals surface area contributed by atoms with Crippen LogP contribution in [-0.2, 0) is 13.1 Å². The summed E-state index contributed by atoms with van der Waals surface area (Å²) in [6.45, 7) is 2.42. The molecule has 0 amide bonds. The van der Waals surface area contributed by atoms with Crippen molar-refractivity contribution in [1.29, 1.82) is 0 Å². The standard InChI is InChI=1S/C14H17BrN4O/c1-20-12-4-3-9(7-10(12)15)13-11(8-16)19-6-2-5-17-14(19)18-13/h3-4,7H,2,5-6,8,16H2,1H3,(H,17,18). The number of imidazole rings is 1. The van der Waals surface area contributed by atoms with E-state index in [2.05, 4.69) is 25.8 Å². The van der Waals surface area contributed by atoms with Gasteiger partial charge in [-0.1, -0.05) is 0 Å². The van der Waals surface area contributed by atoms with Crippen molar-refractivity contribution in [2.75, 3.05) is 19.0 Å². The number of fused-ring (bicyclic) bond motifs is 1. The first-order valence-corrected chi connectivity index (χ1v) is 7.41. The van der Waals surface area contributed by atoms with Crippen molar-refractivity contribution in [3.05, 3.63) is 28.4 Å². The first-order valence-electron chi connectivity index (χ1n) is 6.62. The van der Waals surface area contributed by atoms with Crippen LogP contribution in [0.15, 0.2) is 22.7 Å². The summed E-state index contributed by atoms with van der Waals surface area (Å²) in [5, 5.41) is 3.32. The Balaban J connectivity index is 2.09. The highest BCUT2D eigenvalue weighted by Crippen LogP contribution is 2.33. The zero-order valence-electron chi connectivity index (χ0n) is 11.3. The van der Waals surface area contributed by atoms with Gasteiger partial charge >= 0.3 is 0 Å². The maximum absolute atomic E-state index is 5.93. The fraction of sp³-hybridized carbons (Fsp3) is 0.357. The number of methoxy groups -OCH3 is 1. The van der Waals surface area contributed by atoms with Crippen molar-refractivity contribution in [2.24, 2.45) is 5.73 Å². The summed E-state index contributed by atoms with van der Waals surface area (Å²) >= 11 is 3.52. The van der Waals surface area contributed by atoms with Crippen molar-refractivity contribution >= 4 is 21.9 Å². The molecule has 6 heteroatoms. The Morgan fingerprint density at radius 3 is 3.05 bits per heavy atom. The Labute approximate surface area is 126 Å². The second-order valence-corrected chi connectivity index (χ2v) is 5.57. The lowest BCUT2D eigenvalue weighted by Crippen LogP contribution is -2.19. The van der Waals surface area contributed by atoms with Crippen LogP contribution < -0.4 is 15.8 Å². The molecule has 0 radical (unpaired) electrons. The number of nitrogens with zero attached hydrogens (tertiary/aromatic N) is 2. The van der Waals surface area contributed by atoms with Gasteiger partial charge in [-0.25, -0.2) is 4.98 Å². The Kier molecular flexibility index (Phi) is 3.67. The molecule has 3 N–H and O–H groups in total. The summed E-state index contributed by atoms with van der Waals surface area (Å²) in [6.07, 6.45) is 1.10. The Morgan fingerprint density at radius 1 is 1.50 bits per heavy atom. The van der Waals surface area contributed by atoms with Gasteiger partial charge in [0.25, 0.3) is 0 Å². The van der Waals surface area contributed by atoms with E-state index < -0.39 is 0 Å². The number of nitrogens with one attached hydrogen (secondary N) is 1. The first-order chi connectivity index (χ1) is 9.74. The van der Waals surface area contributed by atoms with Crippen molar-refractivity contribution < 1.29 is 4.74 Å². The second-order valence-electron chi connectivity index (χ2n) is 4.72. The molecule has 2 aromatic rings. The Bertz CT molecular complexity index is 638. The smallest absolute Gasteiger partial charge is 0.203 e. The highest BCUT2D eigenvalue weighted by Gasteiger charge is 2.20. The molecule has 0 bridgehead atoms. The third kappa shape index (κ3) is 2.19. The monoisotopic (exact) mass is 336 g/mol. The molecule has 0 fully saturated rings. The van der Waals surface area contributed by atoms with Crippen LogP contribution in [0.3, 0.4) is 0 Å². The molecule has 0 saturated heterocycles. The number of hydrogen-bond acceptors (Lipinski definition) is 4. The van der Waals surface area contributed by atoms with Crippen LogP contribution >= 0.6 is 15.9 Å². The molecular weight excluding hydrogens is 320 g/mol. The number of nitrogens with two attached hydrogens (primary N) is 1. The van der Waals surface area contributed by atoms with Gasteiger partial charge in [0.05, 0.1) is 23.0 Å². The van der Waals surface area contributed by atoms with Crippen LogP contribution in [0, 0.1) is 0 Å². The average Bonchev–Trinajstić information content (AvgIpc) is 2.85. The zero-order chi connectivity index (χ0) is 14.1. The summed E-state index contributed by atoms with van der Waals surface area (Å²) < 4.78 is 8.36. The molecule has 1 aliphatic heterocycles.